The van der Waals surface area contributed by atoms with Gasteiger partial charge in [0.2, 0.25) is 0 Å². The molecule has 2 aromatic heterocycles. The molecule has 0 aliphatic heterocycles. The zero-order valence-corrected chi connectivity index (χ0v) is 35.6. The second-order valence-corrected chi connectivity index (χ2v) is 18.7. The lowest BCUT2D eigenvalue weighted by atomic mass is 9.67. The van der Waals surface area contributed by atoms with E-state index in [1.54, 1.807) is 0 Å². The van der Waals surface area contributed by atoms with Gasteiger partial charge in [0.1, 0.15) is 11.2 Å². The second kappa shape index (κ2) is 12.9. The van der Waals surface area contributed by atoms with Crippen LogP contribution in [0, 0.1) is 6.92 Å². The molecule has 13 rings (SSSR count). The van der Waals surface area contributed by atoms with Gasteiger partial charge >= 0.3 is 0 Å². The lowest BCUT2D eigenvalue weighted by Crippen LogP contribution is -2.29. The Bertz CT molecular complexity index is 3570. The molecule has 9 aromatic carbocycles. The number of hydrogen-bond acceptors (Lipinski definition) is 3. The third-order valence-corrected chi connectivity index (χ3v) is 15.2. The Labute approximate surface area is 365 Å². The average molecular weight is 812 g/mol. The van der Waals surface area contributed by atoms with Gasteiger partial charge in [-0.2, -0.15) is 0 Å². The van der Waals surface area contributed by atoms with Crippen molar-refractivity contribution in [3.63, 3.8) is 0 Å². The van der Waals surface area contributed by atoms with Crippen LogP contribution in [0.3, 0.4) is 0 Å². The number of aryl methyl sites for hydroxylation is 1. The fourth-order valence-corrected chi connectivity index (χ4v) is 12.5. The van der Waals surface area contributed by atoms with Crippen LogP contribution >= 0.6 is 11.3 Å². The average Bonchev–Trinajstić information content (AvgIpc) is 4.04. The van der Waals surface area contributed by atoms with Crippen LogP contribution in [0.25, 0.3) is 64.4 Å². The molecule has 0 radical (unpaired) electrons. The van der Waals surface area contributed by atoms with Crippen LogP contribution in [-0.2, 0) is 10.8 Å². The lowest BCUT2D eigenvalue weighted by molar-refractivity contribution is 0.650. The van der Waals surface area contributed by atoms with Crippen LogP contribution in [0.1, 0.15) is 52.8 Å². The summed E-state index contributed by atoms with van der Waals surface area (Å²) in [5, 5.41) is 4.89. The number of anilines is 3. The highest BCUT2D eigenvalue weighted by atomic mass is 32.1. The molecule has 62 heavy (non-hydrogen) atoms. The van der Waals surface area contributed by atoms with E-state index >= 15 is 0 Å². The van der Waals surface area contributed by atoms with Crippen LogP contribution in [0.2, 0.25) is 0 Å². The second-order valence-electron chi connectivity index (χ2n) is 17.6. The van der Waals surface area contributed by atoms with Gasteiger partial charge in [0, 0.05) is 64.5 Å². The highest BCUT2D eigenvalue weighted by Gasteiger charge is 2.50. The Hall–Kier alpha value is -7.20. The molecular weight excluding hydrogens is 771 g/mol. The van der Waals surface area contributed by atoms with E-state index in [4.69, 9.17) is 4.42 Å². The van der Waals surface area contributed by atoms with E-state index in [2.05, 4.69) is 220 Å². The van der Waals surface area contributed by atoms with E-state index in [0.717, 1.165) is 33.6 Å². The van der Waals surface area contributed by atoms with Crippen molar-refractivity contribution in [1.82, 2.24) is 0 Å². The molecule has 3 heteroatoms. The van der Waals surface area contributed by atoms with Crippen LogP contribution in [0.4, 0.5) is 17.1 Å². The standard InChI is InChI=1S/C59H41NOS/c1-36-26-28-39(29-27-36)60(40-30-32-43-42-20-10-13-23-47(42)58(2,3)48(43)34-40)41-31-33-44-49(35-41)59(37-16-6-4-7-17-37,38-18-8-5-9-19-38)55-54(44)57-53(46-22-12-15-25-51(46)62-57)52-45-21-11-14-24-50(45)61-56(52)55/h4-35H,1-3H3. The SMILES string of the molecule is Cc1ccc(N(c2ccc3c(c2)C(C)(C)c2ccccc2-3)c2ccc3c(c2)C(c2ccccc2)(c2ccccc2)c2c-3c3sc4ccccc4c3c3c2oc2ccccc23)cc1. The summed E-state index contributed by atoms with van der Waals surface area (Å²) in [6.07, 6.45) is 0. The first-order valence-electron chi connectivity index (χ1n) is 21.6. The van der Waals surface area contributed by atoms with Gasteiger partial charge in [-0.25, -0.2) is 0 Å². The van der Waals surface area contributed by atoms with E-state index in [-0.39, 0.29) is 5.41 Å². The quantitative estimate of drug-likeness (QED) is 0.172. The minimum atomic E-state index is -0.708. The molecule has 2 heterocycles. The monoisotopic (exact) mass is 811 g/mol. The van der Waals surface area contributed by atoms with Crippen molar-refractivity contribution in [2.45, 2.75) is 31.6 Å². The van der Waals surface area contributed by atoms with Gasteiger partial charge in [0.05, 0.1) is 5.41 Å². The maximum absolute atomic E-state index is 7.26. The molecule has 0 bridgehead atoms. The smallest absolute Gasteiger partial charge is 0.141 e. The number of rotatable bonds is 5. The molecule has 0 amide bonds. The van der Waals surface area contributed by atoms with E-state index < -0.39 is 5.41 Å². The van der Waals surface area contributed by atoms with E-state index in [9.17, 15) is 0 Å². The van der Waals surface area contributed by atoms with Gasteiger partial charge < -0.3 is 9.32 Å². The number of para-hydroxylation sites is 1. The van der Waals surface area contributed by atoms with Crippen LogP contribution < -0.4 is 4.90 Å². The van der Waals surface area contributed by atoms with Crippen LogP contribution in [0.5, 0.6) is 0 Å². The van der Waals surface area contributed by atoms with Gasteiger partial charge in [-0.3, -0.25) is 0 Å². The minimum absolute atomic E-state index is 0.135. The molecule has 2 aliphatic rings. The molecule has 0 saturated heterocycles. The van der Waals surface area contributed by atoms with Gasteiger partial charge in [-0.15, -0.1) is 11.3 Å². The molecule has 0 N–H and O–H groups in total. The minimum Gasteiger partial charge on any atom is -0.456 e. The summed E-state index contributed by atoms with van der Waals surface area (Å²) in [5.74, 6) is 0. The van der Waals surface area contributed by atoms with Crippen molar-refractivity contribution >= 4 is 70.5 Å². The summed E-state index contributed by atoms with van der Waals surface area (Å²) >= 11 is 1.91. The summed E-state index contributed by atoms with van der Waals surface area (Å²) in [7, 11) is 0. The van der Waals surface area contributed by atoms with Crippen LogP contribution in [0.15, 0.2) is 199 Å². The Morgan fingerprint density at radius 3 is 1.81 bits per heavy atom. The Morgan fingerprint density at radius 2 is 1.06 bits per heavy atom. The maximum Gasteiger partial charge on any atom is 0.141 e. The molecule has 0 fully saturated rings. The first-order chi connectivity index (χ1) is 30.4. The number of nitrogens with zero attached hydrogens (tertiary/aromatic N) is 1. The molecule has 11 aromatic rings. The van der Waals surface area contributed by atoms with Gasteiger partial charge in [0.25, 0.3) is 0 Å². The molecule has 2 aliphatic carbocycles. The van der Waals surface area contributed by atoms with Crippen molar-refractivity contribution in [3.05, 3.63) is 233 Å². The number of hydrogen-bond donors (Lipinski definition) is 0. The van der Waals surface area contributed by atoms with Gasteiger partial charge in [-0.1, -0.05) is 165 Å². The van der Waals surface area contributed by atoms with Crippen molar-refractivity contribution < 1.29 is 4.42 Å². The first-order valence-corrected chi connectivity index (χ1v) is 22.4. The zero-order chi connectivity index (χ0) is 41.3. The number of thiophene rings is 1. The van der Waals surface area contributed by atoms with Crippen LogP contribution in [-0.4, -0.2) is 0 Å². The molecule has 294 valence electrons. The van der Waals surface area contributed by atoms with Crippen molar-refractivity contribution in [2.75, 3.05) is 4.90 Å². The fourth-order valence-electron chi connectivity index (χ4n) is 11.2. The summed E-state index contributed by atoms with van der Waals surface area (Å²) in [6.45, 7) is 6.90. The van der Waals surface area contributed by atoms with Crippen molar-refractivity contribution in [2.24, 2.45) is 0 Å². The molecular formula is C59H41NOS. The topological polar surface area (TPSA) is 16.4 Å². The third-order valence-electron chi connectivity index (χ3n) is 14.0. The summed E-state index contributed by atoms with van der Waals surface area (Å²) in [6, 6.07) is 72.1. The van der Waals surface area contributed by atoms with E-state index in [1.807, 2.05) is 11.3 Å². The van der Waals surface area contributed by atoms with Gasteiger partial charge in [0.15, 0.2) is 0 Å². The van der Waals surface area contributed by atoms with Gasteiger partial charge in [-0.05, 0) is 100.0 Å². The predicted molar refractivity (Wildman–Crippen MR) is 261 cm³/mol. The molecule has 0 saturated carbocycles. The van der Waals surface area contributed by atoms with Crippen molar-refractivity contribution in [3.8, 4) is 22.3 Å². The predicted octanol–water partition coefficient (Wildman–Crippen LogP) is 16.4. The Morgan fingerprint density at radius 1 is 0.484 bits per heavy atom. The maximum atomic E-state index is 7.26. The highest BCUT2D eigenvalue weighted by molar-refractivity contribution is 7.26. The molecule has 0 spiro atoms. The normalized spacial score (nSPS) is 14.3. The Kier molecular flexibility index (Phi) is 7.40. The highest BCUT2D eigenvalue weighted by Crippen LogP contribution is 2.63. The number of benzene rings is 9. The molecule has 0 atom stereocenters. The largest absolute Gasteiger partial charge is 0.456 e. The summed E-state index contributed by atoms with van der Waals surface area (Å²) < 4.78 is 9.85. The lowest BCUT2D eigenvalue weighted by Gasteiger charge is -2.35. The molecule has 0 unspecified atom stereocenters. The molecule has 2 nitrogen and oxygen atoms in total. The Balaban J connectivity index is 1.16. The number of fused-ring (bicyclic) bond motifs is 15. The van der Waals surface area contributed by atoms with E-state index in [0.29, 0.717) is 0 Å². The zero-order valence-electron chi connectivity index (χ0n) is 34.7. The first kappa shape index (κ1) is 35.5. The fraction of sp³-hybridized carbons (Fsp3) is 0.0847. The summed E-state index contributed by atoms with van der Waals surface area (Å²) in [5.41, 5.74) is 18.4. The van der Waals surface area contributed by atoms with E-state index in [1.165, 1.54) is 86.8 Å². The third kappa shape index (κ3) is 4.69. The van der Waals surface area contributed by atoms with Crippen molar-refractivity contribution in [1.29, 1.82) is 0 Å². The summed E-state index contributed by atoms with van der Waals surface area (Å²) in [4.78, 5) is 2.47. The number of furan rings is 1.